The van der Waals surface area contributed by atoms with Crippen molar-refractivity contribution in [1.29, 1.82) is 0 Å². The minimum Gasteiger partial charge on any atom is -0.366 e. The molecule has 1 aliphatic rings. The molecule has 1 aliphatic heterocycles. The first kappa shape index (κ1) is 40.2. The van der Waals surface area contributed by atoms with Gasteiger partial charge in [-0.1, -0.05) is 23.7 Å². The van der Waals surface area contributed by atoms with Gasteiger partial charge in [0.25, 0.3) is 0 Å². The molecule has 0 fully saturated rings. The van der Waals surface area contributed by atoms with Crippen LogP contribution in [0.4, 0.5) is 0 Å². The van der Waals surface area contributed by atoms with E-state index < -0.39 is 27.9 Å². The van der Waals surface area contributed by atoms with Gasteiger partial charge >= 0.3 is 15.6 Å². The van der Waals surface area contributed by atoms with Crippen LogP contribution in [0.5, 0.6) is 0 Å². The Labute approximate surface area is 261 Å². The van der Waals surface area contributed by atoms with Crippen LogP contribution in [0.2, 0.25) is 0 Å². The monoisotopic (exact) mass is 664 g/mol. The van der Waals surface area contributed by atoms with Crippen LogP contribution < -0.4 is 0 Å². The number of rotatable bonds is 14. The van der Waals surface area contributed by atoms with E-state index in [4.69, 9.17) is 37.0 Å². The average Bonchev–Trinajstić information content (AvgIpc) is 2.89. The van der Waals surface area contributed by atoms with Crippen LogP contribution in [0.15, 0.2) is 0 Å². The molecule has 0 radical (unpaired) electrons. The molecule has 0 saturated carbocycles. The number of likely N-dealkylation sites (N-methyl/N-ethyl adjacent to an activating group) is 2. The molecule has 14 nitrogen and oxygen atoms in total. The van der Waals surface area contributed by atoms with Gasteiger partial charge in [-0.15, -0.1) is 0 Å². The van der Waals surface area contributed by atoms with E-state index in [0.29, 0.717) is 22.1 Å². The highest BCUT2D eigenvalue weighted by molar-refractivity contribution is 7.47. The lowest BCUT2D eigenvalue weighted by molar-refractivity contribution is -0.870. The second kappa shape index (κ2) is 21.1. The summed E-state index contributed by atoms with van der Waals surface area (Å²) >= 11 is 0. The smallest absolute Gasteiger partial charge is 0.366 e. The van der Waals surface area contributed by atoms with Crippen molar-refractivity contribution in [2.45, 2.75) is 12.2 Å². The summed E-state index contributed by atoms with van der Waals surface area (Å²) in [5.41, 5.74) is 0. The van der Waals surface area contributed by atoms with E-state index in [1.54, 1.807) is 0 Å². The van der Waals surface area contributed by atoms with E-state index >= 15 is 0 Å². The van der Waals surface area contributed by atoms with E-state index in [2.05, 4.69) is 47.4 Å². The zero-order valence-corrected chi connectivity index (χ0v) is 28.2. The zero-order valence-electron chi connectivity index (χ0n) is 26.4. The molecule has 1 rings (SSSR count). The molecule has 2 N–H and O–H groups in total. The van der Waals surface area contributed by atoms with Gasteiger partial charge in [0.05, 0.1) is 68.7 Å². The highest BCUT2D eigenvalue weighted by Crippen LogP contribution is 2.44. The van der Waals surface area contributed by atoms with Crippen molar-refractivity contribution in [1.82, 2.24) is 0 Å². The molecule has 44 heavy (non-hydrogen) atoms. The number of hydrogen-bond acceptors (Lipinski definition) is 10. The third kappa shape index (κ3) is 24.5. The fraction of sp³-hybridized carbons (Fsp3) is 0.714. The lowest BCUT2D eigenvalue weighted by Crippen LogP contribution is -2.37. The van der Waals surface area contributed by atoms with Crippen LogP contribution in [0.3, 0.4) is 0 Å². The Morgan fingerprint density at radius 1 is 0.614 bits per heavy atom. The molecule has 0 saturated heterocycles. The highest BCUT2D eigenvalue weighted by atomic mass is 31.2. The summed E-state index contributed by atoms with van der Waals surface area (Å²) in [5.74, 6) is 21.3. The van der Waals surface area contributed by atoms with E-state index in [0.717, 1.165) is 0 Å². The van der Waals surface area contributed by atoms with Crippen LogP contribution in [-0.2, 0) is 46.2 Å². The number of phosphoric acid groups is 2. The Bertz CT molecular complexity index is 1110. The largest absolute Gasteiger partial charge is 0.472 e. The van der Waals surface area contributed by atoms with Gasteiger partial charge in [0.1, 0.15) is 64.9 Å². The Balaban J connectivity index is 2.73. The second-order valence-corrected chi connectivity index (χ2v) is 14.2. The minimum atomic E-state index is -4.30. The molecule has 0 aliphatic carbocycles. The minimum absolute atomic E-state index is 0.0103. The first-order chi connectivity index (χ1) is 20.6. The van der Waals surface area contributed by atoms with E-state index in [1.165, 1.54) is 0 Å². The van der Waals surface area contributed by atoms with Gasteiger partial charge < -0.3 is 37.7 Å². The normalized spacial score (nSPS) is 21.7. The second-order valence-electron chi connectivity index (χ2n) is 11.3. The molecule has 248 valence electrons. The number of ether oxygens (including phenoxy) is 4. The number of quaternary nitrogens is 2. The summed E-state index contributed by atoms with van der Waals surface area (Å²) in [5, 5.41) is 0. The van der Waals surface area contributed by atoms with Crippen molar-refractivity contribution < 1.29 is 64.9 Å². The van der Waals surface area contributed by atoms with Crippen molar-refractivity contribution in [3.63, 3.8) is 0 Å². The van der Waals surface area contributed by atoms with Crippen molar-refractivity contribution >= 4 is 15.6 Å². The van der Waals surface area contributed by atoms with Gasteiger partial charge in [0, 0.05) is 0 Å². The van der Waals surface area contributed by atoms with Crippen LogP contribution in [0, 0.1) is 47.4 Å². The molecule has 0 aromatic rings. The SMILES string of the molecule is C[N+](C)(C)CCOP(=O)(O)OC[C@H]1COCC#CC#CCOC[C@H](COP(=O)(O)OCC[N+](C)(C)C)OCC#CC#CCO1. The molecule has 1 heterocycles. The quantitative estimate of drug-likeness (QED) is 0.151. The summed E-state index contributed by atoms with van der Waals surface area (Å²) in [6.45, 7) is 0.473. The maximum absolute atomic E-state index is 12.2. The van der Waals surface area contributed by atoms with Gasteiger partial charge in [-0.25, -0.2) is 9.13 Å². The number of hydrogen-bond donors (Lipinski definition) is 2. The summed E-state index contributed by atoms with van der Waals surface area (Å²) < 4.78 is 68.0. The van der Waals surface area contributed by atoms with Crippen LogP contribution in [0.25, 0.3) is 0 Å². The Morgan fingerprint density at radius 3 is 1.30 bits per heavy atom. The average molecular weight is 665 g/mol. The Kier molecular flexibility index (Phi) is 19.3. The fourth-order valence-corrected chi connectivity index (χ4v) is 4.18. The molecule has 0 aromatic carbocycles. The van der Waals surface area contributed by atoms with Crippen molar-refractivity contribution in [3.05, 3.63) is 0 Å². The molecule has 0 amide bonds. The number of phosphoric ester groups is 2. The van der Waals surface area contributed by atoms with Gasteiger partial charge in [-0.2, -0.15) is 0 Å². The first-order valence-corrected chi connectivity index (χ1v) is 16.7. The molecular weight excluding hydrogens is 618 g/mol. The van der Waals surface area contributed by atoms with Gasteiger partial charge in [0.15, 0.2) is 0 Å². The van der Waals surface area contributed by atoms with Crippen LogP contribution in [0.1, 0.15) is 0 Å². The van der Waals surface area contributed by atoms with Gasteiger partial charge in [-0.05, 0) is 23.7 Å². The molecular formula is C28H46N2O12P2+2. The fourth-order valence-electron chi connectivity index (χ4n) is 2.70. The molecule has 0 aromatic heterocycles. The first-order valence-electron chi connectivity index (χ1n) is 13.7. The maximum atomic E-state index is 12.2. The van der Waals surface area contributed by atoms with Gasteiger partial charge in [-0.3, -0.25) is 18.1 Å². The topological polar surface area (TPSA) is 148 Å². The predicted octanol–water partition coefficient (Wildman–Crippen LogP) is 0.497. The van der Waals surface area contributed by atoms with Crippen LogP contribution in [-0.4, -0.2) is 152 Å². The Morgan fingerprint density at radius 2 is 0.955 bits per heavy atom. The lowest BCUT2D eigenvalue weighted by atomic mass is 10.4. The van der Waals surface area contributed by atoms with E-state index in [-0.39, 0.29) is 66.1 Å². The summed E-state index contributed by atoms with van der Waals surface area (Å²) in [4.78, 5) is 20.0. The molecule has 16 heteroatoms. The lowest BCUT2D eigenvalue weighted by Gasteiger charge is -2.24. The van der Waals surface area contributed by atoms with E-state index in [9.17, 15) is 18.9 Å². The van der Waals surface area contributed by atoms with Crippen molar-refractivity contribution in [3.8, 4) is 47.4 Å². The summed E-state index contributed by atoms with van der Waals surface area (Å²) in [6.07, 6.45) is -1.48. The zero-order chi connectivity index (χ0) is 33.0. The standard InChI is InChI=1S/C28H44N2O12P2/c1-29(2,3)15-21-39-43(31,32)41-25-27-23-35-17-11-7-8-12-18-36-24-28(38-20-14-10-9-13-19-37-27)26-42-44(33,34)40-22-16-30(4,5)6/h27-28H,15-26H2,1-6H3/p+2/t27-,28-/m1/s1. The van der Waals surface area contributed by atoms with Crippen molar-refractivity contribution in [2.75, 3.05) is 121 Å². The molecule has 0 bridgehead atoms. The third-order valence-corrected chi connectivity index (χ3v) is 7.07. The summed E-state index contributed by atoms with van der Waals surface area (Å²) in [6, 6.07) is 0. The Hall–Kier alpha value is -1.78. The highest BCUT2D eigenvalue weighted by Gasteiger charge is 2.26. The number of nitrogens with zero attached hydrogens (tertiary/aromatic N) is 2. The summed E-state index contributed by atoms with van der Waals surface area (Å²) in [7, 11) is 2.98. The predicted molar refractivity (Wildman–Crippen MR) is 161 cm³/mol. The van der Waals surface area contributed by atoms with Crippen LogP contribution >= 0.6 is 15.6 Å². The maximum Gasteiger partial charge on any atom is 0.472 e. The van der Waals surface area contributed by atoms with E-state index in [1.807, 2.05) is 42.3 Å². The van der Waals surface area contributed by atoms with Gasteiger partial charge in [0.2, 0.25) is 0 Å². The van der Waals surface area contributed by atoms with Crippen molar-refractivity contribution in [2.24, 2.45) is 0 Å². The molecule has 0 spiro atoms. The third-order valence-electron chi connectivity index (χ3n) is 5.10. The molecule has 2 unspecified atom stereocenters. The molecule has 4 atom stereocenters.